The molecule has 1 unspecified atom stereocenters. The van der Waals surface area contributed by atoms with E-state index in [2.05, 4.69) is 15.9 Å². The van der Waals surface area contributed by atoms with Gasteiger partial charge in [-0.3, -0.25) is 0 Å². The zero-order valence-electron chi connectivity index (χ0n) is 8.49. The summed E-state index contributed by atoms with van der Waals surface area (Å²) in [5.41, 5.74) is 6.99. The van der Waals surface area contributed by atoms with Gasteiger partial charge in [0.05, 0.1) is 3.79 Å². The fraction of sp³-hybridized carbons (Fsp3) is 0.167. The van der Waals surface area contributed by atoms with Crippen LogP contribution in [0.15, 0.2) is 40.2 Å². The molecule has 2 rings (SSSR count). The second-order valence-electron chi connectivity index (χ2n) is 3.58. The molecular formula is C12H11BrFNS. The Balaban J connectivity index is 2.10. The van der Waals surface area contributed by atoms with Crippen molar-refractivity contribution in [3.8, 4) is 0 Å². The van der Waals surface area contributed by atoms with Gasteiger partial charge in [-0.25, -0.2) is 4.39 Å². The number of thiophene rings is 1. The molecule has 0 amide bonds. The lowest BCUT2D eigenvalue weighted by atomic mass is 10.1. The summed E-state index contributed by atoms with van der Waals surface area (Å²) >= 11 is 5.02. The maximum absolute atomic E-state index is 13.0. The number of halogens is 2. The molecule has 0 fully saturated rings. The molecule has 1 nitrogen and oxygen atoms in total. The molecule has 1 aromatic heterocycles. The van der Waals surface area contributed by atoms with Crippen LogP contribution in [0.5, 0.6) is 0 Å². The Kier molecular flexibility index (Phi) is 3.74. The minimum absolute atomic E-state index is 0.0712. The third-order valence-corrected chi connectivity index (χ3v) is 4.06. The van der Waals surface area contributed by atoms with E-state index in [-0.39, 0.29) is 11.9 Å². The quantitative estimate of drug-likeness (QED) is 0.914. The minimum atomic E-state index is -0.211. The van der Waals surface area contributed by atoms with E-state index in [1.54, 1.807) is 17.4 Å². The van der Waals surface area contributed by atoms with E-state index in [4.69, 9.17) is 5.73 Å². The van der Waals surface area contributed by atoms with Crippen molar-refractivity contribution in [2.45, 2.75) is 12.5 Å². The highest BCUT2D eigenvalue weighted by Crippen LogP contribution is 2.27. The van der Waals surface area contributed by atoms with Crippen LogP contribution < -0.4 is 5.73 Å². The van der Waals surface area contributed by atoms with Gasteiger partial charge in [0.1, 0.15) is 5.82 Å². The van der Waals surface area contributed by atoms with Gasteiger partial charge in [-0.1, -0.05) is 12.1 Å². The van der Waals surface area contributed by atoms with E-state index in [0.29, 0.717) is 6.42 Å². The second-order valence-corrected chi connectivity index (χ2v) is 6.08. The first kappa shape index (κ1) is 11.8. The predicted molar refractivity (Wildman–Crippen MR) is 69.1 cm³/mol. The number of hydrogen-bond donors (Lipinski definition) is 1. The third kappa shape index (κ3) is 2.90. The van der Waals surface area contributed by atoms with Crippen LogP contribution in [0.4, 0.5) is 4.39 Å². The second kappa shape index (κ2) is 5.08. The summed E-state index contributed by atoms with van der Waals surface area (Å²) < 4.78 is 14.0. The van der Waals surface area contributed by atoms with Gasteiger partial charge in [0.15, 0.2) is 0 Å². The van der Waals surface area contributed by atoms with Crippen molar-refractivity contribution in [2.75, 3.05) is 0 Å². The highest BCUT2D eigenvalue weighted by atomic mass is 79.9. The summed E-state index contributed by atoms with van der Waals surface area (Å²) in [5.74, 6) is -0.211. The van der Waals surface area contributed by atoms with Crippen LogP contribution in [0.2, 0.25) is 0 Å². The highest BCUT2D eigenvalue weighted by Gasteiger charge is 2.09. The maximum Gasteiger partial charge on any atom is 0.123 e. The molecule has 2 aromatic rings. The van der Waals surface area contributed by atoms with Crippen molar-refractivity contribution in [1.82, 2.24) is 0 Å². The van der Waals surface area contributed by atoms with E-state index in [0.717, 1.165) is 14.2 Å². The van der Waals surface area contributed by atoms with E-state index >= 15 is 0 Å². The lowest BCUT2D eigenvalue weighted by Gasteiger charge is -2.09. The average molecular weight is 300 g/mol. The van der Waals surface area contributed by atoms with Gasteiger partial charge in [0.2, 0.25) is 0 Å². The largest absolute Gasteiger partial charge is 0.323 e. The number of benzene rings is 1. The fourth-order valence-electron chi connectivity index (χ4n) is 1.55. The summed E-state index contributed by atoms with van der Waals surface area (Å²) in [4.78, 5) is 1.11. The monoisotopic (exact) mass is 299 g/mol. The summed E-state index contributed by atoms with van der Waals surface area (Å²) in [5, 5.41) is 0. The lowest BCUT2D eigenvalue weighted by Crippen LogP contribution is -2.11. The molecule has 4 heteroatoms. The number of rotatable bonds is 3. The standard InChI is InChI=1S/C12H11BrFNS/c13-12-5-4-11(16-12)10(15)7-8-2-1-3-9(14)6-8/h1-6,10H,7,15H2. The molecule has 1 atom stereocenters. The molecule has 0 aliphatic carbocycles. The Hall–Kier alpha value is -0.710. The van der Waals surface area contributed by atoms with E-state index in [1.165, 1.54) is 12.1 Å². The van der Waals surface area contributed by atoms with Crippen molar-refractivity contribution in [3.05, 3.63) is 56.4 Å². The van der Waals surface area contributed by atoms with Crippen molar-refractivity contribution in [1.29, 1.82) is 0 Å². The van der Waals surface area contributed by atoms with Gasteiger partial charge in [-0.2, -0.15) is 0 Å². The molecule has 0 bridgehead atoms. The Morgan fingerprint density at radius 2 is 2.12 bits per heavy atom. The third-order valence-electron chi connectivity index (χ3n) is 2.30. The summed E-state index contributed by atoms with van der Waals surface area (Å²) in [6.07, 6.45) is 0.657. The molecule has 0 saturated heterocycles. The number of hydrogen-bond acceptors (Lipinski definition) is 2. The smallest absolute Gasteiger partial charge is 0.123 e. The van der Waals surface area contributed by atoms with Gasteiger partial charge in [0.25, 0.3) is 0 Å². The average Bonchev–Trinajstić information content (AvgIpc) is 2.65. The molecule has 0 radical (unpaired) electrons. The first-order chi connectivity index (χ1) is 7.65. The summed E-state index contributed by atoms with van der Waals surface area (Å²) in [6, 6.07) is 10.5. The lowest BCUT2D eigenvalue weighted by molar-refractivity contribution is 0.622. The number of nitrogens with two attached hydrogens (primary N) is 1. The predicted octanol–water partition coefficient (Wildman–Crippen LogP) is 3.89. The van der Waals surface area contributed by atoms with Gasteiger partial charge >= 0.3 is 0 Å². The Bertz CT molecular complexity index is 483. The molecular weight excluding hydrogens is 289 g/mol. The highest BCUT2D eigenvalue weighted by molar-refractivity contribution is 9.11. The van der Waals surface area contributed by atoms with Crippen LogP contribution in [-0.2, 0) is 6.42 Å². The molecule has 1 heterocycles. The maximum atomic E-state index is 13.0. The molecule has 84 valence electrons. The Morgan fingerprint density at radius 1 is 1.31 bits per heavy atom. The van der Waals surface area contributed by atoms with Crippen LogP contribution in [0.3, 0.4) is 0 Å². The minimum Gasteiger partial charge on any atom is -0.323 e. The van der Waals surface area contributed by atoms with Gasteiger partial charge in [-0.15, -0.1) is 11.3 Å². The van der Waals surface area contributed by atoms with Crippen molar-refractivity contribution < 1.29 is 4.39 Å². The van der Waals surface area contributed by atoms with E-state index in [1.807, 2.05) is 18.2 Å². The molecule has 0 spiro atoms. The summed E-state index contributed by atoms with van der Waals surface area (Å²) in [7, 11) is 0. The van der Waals surface area contributed by atoms with Crippen LogP contribution in [0.25, 0.3) is 0 Å². The fourth-order valence-corrected chi connectivity index (χ4v) is 2.97. The molecule has 0 saturated carbocycles. The van der Waals surface area contributed by atoms with Crippen LogP contribution in [0, 0.1) is 5.82 Å². The van der Waals surface area contributed by atoms with Crippen LogP contribution >= 0.6 is 27.3 Å². The van der Waals surface area contributed by atoms with Crippen LogP contribution in [-0.4, -0.2) is 0 Å². The van der Waals surface area contributed by atoms with Crippen molar-refractivity contribution in [2.24, 2.45) is 5.73 Å². The van der Waals surface area contributed by atoms with E-state index < -0.39 is 0 Å². The van der Waals surface area contributed by atoms with Crippen molar-refractivity contribution >= 4 is 27.3 Å². The summed E-state index contributed by atoms with van der Waals surface area (Å²) in [6.45, 7) is 0. The molecule has 0 aliphatic heterocycles. The van der Waals surface area contributed by atoms with Gasteiger partial charge in [-0.05, 0) is 52.2 Å². The van der Waals surface area contributed by atoms with Crippen molar-refractivity contribution in [3.63, 3.8) is 0 Å². The Morgan fingerprint density at radius 3 is 2.75 bits per heavy atom. The molecule has 0 aliphatic rings. The zero-order chi connectivity index (χ0) is 11.5. The first-order valence-electron chi connectivity index (χ1n) is 4.90. The van der Waals surface area contributed by atoms with Crippen LogP contribution in [0.1, 0.15) is 16.5 Å². The molecule has 2 N–H and O–H groups in total. The first-order valence-corrected chi connectivity index (χ1v) is 6.51. The molecule has 16 heavy (non-hydrogen) atoms. The SMILES string of the molecule is NC(Cc1cccc(F)c1)c1ccc(Br)s1. The van der Waals surface area contributed by atoms with E-state index in [9.17, 15) is 4.39 Å². The normalized spacial score (nSPS) is 12.7. The van der Waals surface area contributed by atoms with Gasteiger partial charge in [0, 0.05) is 10.9 Å². The molecule has 1 aromatic carbocycles. The topological polar surface area (TPSA) is 26.0 Å². The zero-order valence-corrected chi connectivity index (χ0v) is 10.9. The Labute approximate surface area is 106 Å². The van der Waals surface area contributed by atoms with Gasteiger partial charge < -0.3 is 5.73 Å².